The first kappa shape index (κ1) is 26.0. The summed E-state index contributed by atoms with van der Waals surface area (Å²) in [5.74, 6) is 1.60. The van der Waals surface area contributed by atoms with Crippen LogP contribution < -0.4 is 15.4 Å². The topological polar surface area (TPSA) is 82.6 Å². The monoisotopic (exact) mass is 568 g/mol. The summed E-state index contributed by atoms with van der Waals surface area (Å²) in [5.41, 5.74) is 1.80. The first-order valence-corrected chi connectivity index (χ1v) is 11.8. The van der Waals surface area contributed by atoms with Crippen LogP contribution in [0.1, 0.15) is 11.1 Å². The quantitative estimate of drug-likeness (QED) is 0.142. The van der Waals surface area contributed by atoms with Gasteiger partial charge in [0.25, 0.3) is 0 Å². The zero-order chi connectivity index (χ0) is 20.4. The minimum atomic E-state index is -3.25. The van der Waals surface area contributed by atoms with Crippen LogP contribution in [0.15, 0.2) is 58.4 Å². The molecule has 2 rings (SSSR count). The zero-order valence-corrected chi connectivity index (χ0v) is 21.0. The van der Waals surface area contributed by atoms with Gasteiger partial charge in [0.15, 0.2) is 5.96 Å². The van der Waals surface area contributed by atoms with Gasteiger partial charge in [-0.3, -0.25) is 4.99 Å². The molecule has 6 nitrogen and oxygen atoms in total. The Morgan fingerprint density at radius 3 is 2.24 bits per heavy atom. The number of guanidine groups is 1. The Labute approximate surface area is 199 Å². The highest BCUT2D eigenvalue weighted by Crippen LogP contribution is 2.19. The molecule has 0 aliphatic carbocycles. The van der Waals surface area contributed by atoms with Crippen LogP contribution in [0.2, 0.25) is 5.02 Å². The van der Waals surface area contributed by atoms with Crippen molar-refractivity contribution in [3.05, 3.63) is 64.7 Å². The van der Waals surface area contributed by atoms with E-state index in [9.17, 15) is 8.42 Å². The molecule has 0 radical (unpaired) electrons. The number of nitrogens with one attached hydrogen (secondary N) is 3. The van der Waals surface area contributed by atoms with E-state index in [1.54, 1.807) is 18.8 Å². The Hall–Kier alpha value is -1.01. The van der Waals surface area contributed by atoms with Gasteiger partial charge in [0.2, 0.25) is 10.0 Å². The molecule has 0 saturated carbocycles. The standard InChI is InChI=1S/C19H25ClN4O2S2.HI/c1-21-19(23-11-12-27-18-9-7-17(20)8-10-18)24-13-15-3-5-16(6-4-15)14-28(25,26)22-2;/h3-10,22H,11-14H2,1-2H3,(H2,21,23,24);1H. The molecule has 0 saturated heterocycles. The van der Waals surface area contributed by atoms with Crippen molar-refractivity contribution in [2.75, 3.05) is 26.4 Å². The van der Waals surface area contributed by atoms with Crippen LogP contribution in [-0.2, 0) is 22.3 Å². The van der Waals surface area contributed by atoms with Crippen molar-refractivity contribution in [3.63, 3.8) is 0 Å². The van der Waals surface area contributed by atoms with Crippen LogP contribution in [0.4, 0.5) is 0 Å². The van der Waals surface area contributed by atoms with Crippen molar-refractivity contribution in [3.8, 4) is 0 Å². The molecule has 2 aromatic carbocycles. The second-order valence-corrected chi connectivity index (χ2v) is 9.47. The average molecular weight is 569 g/mol. The van der Waals surface area contributed by atoms with Gasteiger partial charge in [-0.1, -0.05) is 35.9 Å². The number of benzene rings is 2. The van der Waals surface area contributed by atoms with Crippen LogP contribution in [0.3, 0.4) is 0 Å². The molecule has 0 amide bonds. The molecule has 2 aromatic rings. The molecule has 160 valence electrons. The summed E-state index contributed by atoms with van der Waals surface area (Å²) in [6, 6.07) is 15.3. The smallest absolute Gasteiger partial charge is 0.215 e. The third-order valence-corrected chi connectivity index (χ3v) is 6.45. The third-order valence-electron chi connectivity index (χ3n) is 3.85. The van der Waals surface area contributed by atoms with Crippen LogP contribution in [0.5, 0.6) is 0 Å². The molecule has 0 heterocycles. The molecule has 0 fully saturated rings. The third kappa shape index (κ3) is 10.0. The van der Waals surface area contributed by atoms with Crippen molar-refractivity contribution < 1.29 is 8.42 Å². The molecule has 10 heteroatoms. The molecule has 29 heavy (non-hydrogen) atoms. The van der Waals surface area contributed by atoms with Crippen LogP contribution in [0, 0.1) is 0 Å². The molecular formula is C19H26ClIN4O2S2. The highest BCUT2D eigenvalue weighted by Gasteiger charge is 2.08. The summed E-state index contributed by atoms with van der Waals surface area (Å²) in [6.45, 7) is 1.37. The van der Waals surface area contributed by atoms with Gasteiger partial charge in [0.05, 0.1) is 5.75 Å². The van der Waals surface area contributed by atoms with Gasteiger partial charge < -0.3 is 10.6 Å². The van der Waals surface area contributed by atoms with E-state index in [-0.39, 0.29) is 29.7 Å². The maximum Gasteiger partial charge on any atom is 0.215 e. The van der Waals surface area contributed by atoms with Gasteiger partial charge in [-0.05, 0) is 42.4 Å². The molecule has 0 bridgehead atoms. The Morgan fingerprint density at radius 2 is 1.66 bits per heavy atom. The average Bonchev–Trinajstić information content (AvgIpc) is 2.69. The number of halogens is 2. The van der Waals surface area contributed by atoms with Gasteiger partial charge in [0, 0.05) is 35.8 Å². The molecule has 0 unspecified atom stereocenters. The van der Waals surface area contributed by atoms with Crippen LogP contribution in [-0.4, -0.2) is 40.8 Å². The lowest BCUT2D eigenvalue weighted by Gasteiger charge is -2.12. The van der Waals surface area contributed by atoms with Crippen LogP contribution >= 0.6 is 47.3 Å². The van der Waals surface area contributed by atoms with Crippen molar-refractivity contribution >= 4 is 63.3 Å². The largest absolute Gasteiger partial charge is 0.356 e. The fraction of sp³-hybridized carbons (Fsp3) is 0.316. The van der Waals surface area contributed by atoms with E-state index in [1.165, 1.54) is 11.9 Å². The predicted octanol–water partition coefficient (Wildman–Crippen LogP) is 3.46. The van der Waals surface area contributed by atoms with E-state index < -0.39 is 10.0 Å². The number of rotatable bonds is 9. The van der Waals surface area contributed by atoms with E-state index in [2.05, 4.69) is 20.3 Å². The van der Waals surface area contributed by atoms with Gasteiger partial charge in [-0.15, -0.1) is 35.7 Å². The van der Waals surface area contributed by atoms with Crippen LogP contribution in [0.25, 0.3) is 0 Å². The lowest BCUT2D eigenvalue weighted by molar-refractivity contribution is 0.587. The van der Waals surface area contributed by atoms with Crippen molar-refractivity contribution in [2.45, 2.75) is 17.2 Å². The Kier molecular flexibility index (Phi) is 12.0. The number of sulfonamides is 1. The lowest BCUT2D eigenvalue weighted by Crippen LogP contribution is -2.37. The summed E-state index contributed by atoms with van der Waals surface area (Å²) in [4.78, 5) is 5.39. The van der Waals surface area contributed by atoms with E-state index in [4.69, 9.17) is 11.6 Å². The molecule has 0 aliphatic heterocycles. The maximum atomic E-state index is 11.6. The number of nitrogens with zero attached hydrogens (tertiary/aromatic N) is 1. The summed E-state index contributed by atoms with van der Waals surface area (Å²) < 4.78 is 25.5. The van der Waals surface area contributed by atoms with Gasteiger partial charge in [0.1, 0.15) is 0 Å². The molecule has 3 N–H and O–H groups in total. The Bertz CT molecular complexity index is 876. The fourth-order valence-electron chi connectivity index (χ4n) is 2.32. The van der Waals surface area contributed by atoms with Gasteiger partial charge >= 0.3 is 0 Å². The van der Waals surface area contributed by atoms with E-state index in [1.807, 2.05) is 48.5 Å². The Morgan fingerprint density at radius 1 is 1.03 bits per heavy atom. The van der Waals surface area contributed by atoms with E-state index in [0.717, 1.165) is 34.4 Å². The lowest BCUT2D eigenvalue weighted by atomic mass is 10.1. The fourth-order valence-corrected chi connectivity index (χ4v) is 3.99. The van der Waals surface area contributed by atoms with E-state index >= 15 is 0 Å². The number of hydrogen-bond acceptors (Lipinski definition) is 4. The Balaban J connectivity index is 0.00000420. The van der Waals surface area contributed by atoms with Crippen molar-refractivity contribution in [2.24, 2.45) is 4.99 Å². The first-order valence-electron chi connectivity index (χ1n) is 8.74. The normalized spacial score (nSPS) is 11.6. The van der Waals surface area contributed by atoms with E-state index in [0.29, 0.717) is 6.54 Å². The maximum absolute atomic E-state index is 11.6. The molecular weight excluding hydrogens is 543 g/mol. The number of thioether (sulfide) groups is 1. The summed E-state index contributed by atoms with van der Waals surface area (Å²) in [6.07, 6.45) is 0. The first-order chi connectivity index (χ1) is 13.4. The van der Waals surface area contributed by atoms with Crippen molar-refractivity contribution in [1.29, 1.82) is 0 Å². The second kappa shape index (κ2) is 13.3. The minimum absolute atomic E-state index is 0. The predicted molar refractivity (Wildman–Crippen MR) is 134 cm³/mol. The summed E-state index contributed by atoms with van der Waals surface area (Å²) >= 11 is 7.63. The zero-order valence-electron chi connectivity index (χ0n) is 16.3. The molecule has 0 spiro atoms. The summed E-state index contributed by atoms with van der Waals surface area (Å²) in [7, 11) is -0.107. The molecule has 0 aromatic heterocycles. The second-order valence-electron chi connectivity index (χ2n) is 5.93. The summed E-state index contributed by atoms with van der Waals surface area (Å²) in [5, 5.41) is 7.27. The highest BCUT2D eigenvalue weighted by atomic mass is 127. The molecule has 0 aliphatic rings. The van der Waals surface area contributed by atoms with Gasteiger partial charge in [-0.25, -0.2) is 13.1 Å². The highest BCUT2D eigenvalue weighted by molar-refractivity contribution is 14.0. The molecule has 0 atom stereocenters. The number of hydrogen-bond donors (Lipinski definition) is 3. The number of aliphatic imine (C=N–C) groups is 1. The van der Waals surface area contributed by atoms with Crippen molar-refractivity contribution in [1.82, 2.24) is 15.4 Å². The minimum Gasteiger partial charge on any atom is -0.356 e. The SMILES string of the molecule is CN=C(NCCSc1ccc(Cl)cc1)NCc1ccc(CS(=O)(=O)NC)cc1.I. The van der Waals surface area contributed by atoms with Gasteiger partial charge in [-0.2, -0.15) is 0 Å².